The predicted molar refractivity (Wildman–Crippen MR) is 92.9 cm³/mol. The van der Waals surface area contributed by atoms with Gasteiger partial charge >= 0.3 is 0 Å². The number of nitrogens with one attached hydrogen (secondary N) is 2. The lowest BCUT2D eigenvalue weighted by molar-refractivity contribution is 0.0936. The largest absolute Gasteiger partial charge is 0.507 e. The van der Waals surface area contributed by atoms with Crippen LogP contribution in [-0.4, -0.2) is 23.0 Å². The van der Waals surface area contributed by atoms with Crippen LogP contribution < -0.4 is 10.6 Å². The molecule has 0 spiro atoms. The van der Waals surface area contributed by atoms with Crippen LogP contribution in [-0.2, 0) is 6.54 Å². The molecule has 3 N–H and O–H groups in total. The van der Waals surface area contributed by atoms with E-state index in [9.17, 15) is 14.7 Å². The van der Waals surface area contributed by atoms with Gasteiger partial charge in [0.2, 0.25) is 0 Å². The molecule has 0 heterocycles. The second-order valence-electron chi connectivity index (χ2n) is 5.68. The smallest absolute Gasteiger partial charge is 0.255 e. The number of aromatic hydroxyl groups is 1. The van der Waals surface area contributed by atoms with E-state index < -0.39 is 0 Å². The number of hydrogen-bond acceptors (Lipinski definition) is 3. The molecule has 2 rings (SSSR count). The number of carbonyl (C=O) groups excluding carboxylic acids is 2. The summed E-state index contributed by atoms with van der Waals surface area (Å²) in [4.78, 5) is 24.2. The molecule has 0 bridgehead atoms. The van der Waals surface area contributed by atoms with Crippen molar-refractivity contribution in [1.82, 2.24) is 10.6 Å². The summed E-state index contributed by atoms with van der Waals surface area (Å²) in [6.07, 6.45) is 0.863. The van der Waals surface area contributed by atoms with Crippen LogP contribution in [0.25, 0.3) is 0 Å². The van der Waals surface area contributed by atoms with E-state index in [4.69, 9.17) is 0 Å². The van der Waals surface area contributed by atoms with Crippen molar-refractivity contribution in [3.63, 3.8) is 0 Å². The van der Waals surface area contributed by atoms with E-state index in [1.54, 1.807) is 36.4 Å². The van der Waals surface area contributed by atoms with E-state index in [0.717, 1.165) is 12.0 Å². The summed E-state index contributed by atoms with van der Waals surface area (Å²) in [6.45, 7) is 4.24. The zero-order chi connectivity index (χ0) is 17.5. The molecule has 5 heteroatoms. The van der Waals surface area contributed by atoms with E-state index in [1.165, 1.54) is 6.07 Å². The van der Waals surface area contributed by atoms with E-state index in [1.807, 2.05) is 19.9 Å². The van der Waals surface area contributed by atoms with Gasteiger partial charge in [-0.2, -0.15) is 0 Å². The Morgan fingerprint density at radius 2 is 1.83 bits per heavy atom. The third-order valence-electron chi connectivity index (χ3n) is 3.78. The van der Waals surface area contributed by atoms with Crippen LogP contribution in [0.4, 0.5) is 0 Å². The molecule has 0 saturated heterocycles. The van der Waals surface area contributed by atoms with E-state index in [-0.39, 0.29) is 35.7 Å². The molecule has 126 valence electrons. The third kappa shape index (κ3) is 4.59. The molecule has 2 amide bonds. The Bertz CT molecular complexity index is 728. The van der Waals surface area contributed by atoms with Crippen molar-refractivity contribution >= 4 is 11.8 Å². The molecule has 0 saturated carbocycles. The van der Waals surface area contributed by atoms with Gasteiger partial charge in [0.1, 0.15) is 5.75 Å². The minimum atomic E-state index is -0.359. The van der Waals surface area contributed by atoms with Gasteiger partial charge in [-0.25, -0.2) is 0 Å². The average Bonchev–Trinajstić information content (AvgIpc) is 2.60. The Labute approximate surface area is 141 Å². The minimum absolute atomic E-state index is 0.0586. The van der Waals surface area contributed by atoms with Crippen LogP contribution in [0.15, 0.2) is 48.5 Å². The summed E-state index contributed by atoms with van der Waals surface area (Å²) in [5, 5.41) is 15.3. The molecule has 0 fully saturated rings. The fourth-order valence-electron chi connectivity index (χ4n) is 2.17. The van der Waals surface area contributed by atoms with Gasteiger partial charge in [-0.15, -0.1) is 0 Å². The molecular weight excluding hydrogens is 304 g/mol. The molecule has 0 aliphatic rings. The second kappa shape index (κ2) is 8.15. The van der Waals surface area contributed by atoms with E-state index in [2.05, 4.69) is 10.6 Å². The molecule has 2 aromatic rings. The quantitative estimate of drug-likeness (QED) is 0.764. The monoisotopic (exact) mass is 326 g/mol. The Hall–Kier alpha value is -2.82. The first-order chi connectivity index (χ1) is 11.5. The predicted octanol–water partition coefficient (Wildman–Crippen LogP) is 2.85. The van der Waals surface area contributed by atoms with E-state index in [0.29, 0.717) is 5.56 Å². The number of rotatable bonds is 6. The van der Waals surface area contributed by atoms with Gasteiger partial charge in [0, 0.05) is 18.2 Å². The maximum atomic E-state index is 12.1. The van der Waals surface area contributed by atoms with Crippen LogP contribution >= 0.6 is 0 Å². The topological polar surface area (TPSA) is 78.4 Å². The molecule has 0 radical (unpaired) electrons. The first-order valence-corrected chi connectivity index (χ1v) is 7.97. The highest BCUT2D eigenvalue weighted by Crippen LogP contribution is 2.15. The van der Waals surface area contributed by atoms with Gasteiger partial charge in [-0.05, 0) is 43.2 Å². The number of carbonyl (C=O) groups is 2. The summed E-state index contributed by atoms with van der Waals surface area (Å²) in [7, 11) is 0. The minimum Gasteiger partial charge on any atom is -0.507 e. The zero-order valence-electron chi connectivity index (χ0n) is 13.9. The second-order valence-corrected chi connectivity index (χ2v) is 5.68. The fraction of sp³-hybridized carbons (Fsp3) is 0.263. The van der Waals surface area contributed by atoms with Crippen molar-refractivity contribution in [1.29, 1.82) is 0 Å². The first-order valence-electron chi connectivity index (χ1n) is 7.97. The zero-order valence-corrected chi connectivity index (χ0v) is 13.9. The van der Waals surface area contributed by atoms with Crippen LogP contribution in [0.3, 0.4) is 0 Å². The lowest BCUT2D eigenvalue weighted by Crippen LogP contribution is -2.32. The molecule has 0 aliphatic carbocycles. The number of para-hydroxylation sites is 1. The van der Waals surface area contributed by atoms with Crippen LogP contribution in [0, 0.1) is 0 Å². The third-order valence-corrected chi connectivity index (χ3v) is 3.78. The molecule has 0 unspecified atom stereocenters. The number of hydrogen-bond donors (Lipinski definition) is 3. The van der Waals surface area contributed by atoms with Crippen molar-refractivity contribution in [2.24, 2.45) is 0 Å². The molecule has 24 heavy (non-hydrogen) atoms. The summed E-state index contributed by atoms with van der Waals surface area (Å²) >= 11 is 0. The van der Waals surface area contributed by atoms with Gasteiger partial charge in [0.15, 0.2) is 0 Å². The van der Waals surface area contributed by atoms with Gasteiger partial charge < -0.3 is 15.7 Å². The number of phenols is 1. The highest BCUT2D eigenvalue weighted by molar-refractivity contribution is 5.97. The summed E-state index contributed by atoms with van der Waals surface area (Å²) in [5.41, 5.74) is 1.60. The lowest BCUT2D eigenvalue weighted by atomic mass is 10.1. The number of benzene rings is 2. The van der Waals surface area contributed by atoms with Crippen molar-refractivity contribution in [3.8, 4) is 5.75 Å². The Morgan fingerprint density at radius 1 is 1.08 bits per heavy atom. The molecule has 0 aliphatic heterocycles. The Morgan fingerprint density at radius 3 is 2.54 bits per heavy atom. The first kappa shape index (κ1) is 17.5. The standard InChI is InChI=1S/C19H22N2O3/c1-3-13(2)21-18(23)15-8-6-7-14(11-15)12-20-19(24)16-9-4-5-10-17(16)22/h4-11,13,22H,3,12H2,1-2H3,(H,20,24)(H,21,23)/t13-/m1/s1. The number of amides is 2. The molecule has 5 nitrogen and oxygen atoms in total. The van der Waals surface area contributed by atoms with Crippen LogP contribution in [0.5, 0.6) is 5.75 Å². The molecule has 2 aromatic carbocycles. The fourth-order valence-corrected chi connectivity index (χ4v) is 2.17. The van der Waals surface area contributed by atoms with Crippen LogP contribution in [0.2, 0.25) is 0 Å². The lowest BCUT2D eigenvalue weighted by Gasteiger charge is -2.12. The molecule has 0 aromatic heterocycles. The van der Waals surface area contributed by atoms with Crippen molar-refractivity contribution in [3.05, 3.63) is 65.2 Å². The average molecular weight is 326 g/mol. The summed E-state index contributed by atoms with van der Waals surface area (Å²) in [5.74, 6) is -0.544. The molecule has 1 atom stereocenters. The SMILES string of the molecule is CC[C@@H](C)NC(=O)c1cccc(CNC(=O)c2ccccc2O)c1. The maximum Gasteiger partial charge on any atom is 0.255 e. The van der Waals surface area contributed by atoms with Crippen molar-refractivity contribution < 1.29 is 14.7 Å². The van der Waals surface area contributed by atoms with Crippen molar-refractivity contribution in [2.75, 3.05) is 0 Å². The normalized spacial score (nSPS) is 11.6. The molecular formula is C19H22N2O3. The van der Waals surface area contributed by atoms with Gasteiger partial charge in [-0.1, -0.05) is 31.2 Å². The Balaban J connectivity index is 2.01. The van der Waals surface area contributed by atoms with Gasteiger partial charge in [0.05, 0.1) is 5.56 Å². The summed E-state index contributed by atoms with van der Waals surface area (Å²) in [6, 6.07) is 13.6. The number of phenolic OH excluding ortho intramolecular Hbond substituents is 1. The van der Waals surface area contributed by atoms with Crippen LogP contribution in [0.1, 0.15) is 46.5 Å². The van der Waals surface area contributed by atoms with Gasteiger partial charge in [0.25, 0.3) is 11.8 Å². The Kier molecular flexibility index (Phi) is 5.95. The summed E-state index contributed by atoms with van der Waals surface area (Å²) < 4.78 is 0. The van der Waals surface area contributed by atoms with Crippen molar-refractivity contribution in [2.45, 2.75) is 32.9 Å². The maximum absolute atomic E-state index is 12.1. The highest BCUT2D eigenvalue weighted by Gasteiger charge is 2.11. The highest BCUT2D eigenvalue weighted by atomic mass is 16.3. The van der Waals surface area contributed by atoms with Gasteiger partial charge in [-0.3, -0.25) is 9.59 Å². The van der Waals surface area contributed by atoms with E-state index >= 15 is 0 Å².